The summed E-state index contributed by atoms with van der Waals surface area (Å²) in [4.78, 5) is 39.4. The molecule has 0 spiro atoms. The zero-order chi connectivity index (χ0) is 29.9. The van der Waals surface area contributed by atoms with Gasteiger partial charge in [-0.2, -0.15) is 5.10 Å². The number of carbonyl (C=O) groups is 2. The zero-order valence-corrected chi connectivity index (χ0v) is 25.2. The Morgan fingerprint density at radius 2 is 1.88 bits per heavy atom. The number of anilines is 1. The number of H-pyrrole nitrogens is 1. The Balaban J connectivity index is 0.000000385. The minimum atomic E-state index is 0.0966. The summed E-state index contributed by atoms with van der Waals surface area (Å²) in [7, 11) is 1.69. The van der Waals surface area contributed by atoms with Crippen LogP contribution in [0, 0.1) is 12.8 Å². The standard InChI is InChI=1S/C25H37N5O3.C6H6N2O/c1-17(2)13-20-16-29(11-12-30(20)25(31)15-24-26-18(3)27-28-24)19-9-10-22(32-4)23(14-19)33-21-7-5-6-8-21;9-5-2-6-7-3-1-4-8-6/h9-10,14,17,20-21H,5-8,11-13,15-16H2,1-4H3,(H,26,27,28);1,3-5H,2H2/t20-;/m0./s1. The number of rotatable bonds is 10. The average Bonchev–Trinajstić information content (AvgIpc) is 3.65. The number of aromatic nitrogens is 5. The van der Waals surface area contributed by atoms with Crippen LogP contribution in [0.4, 0.5) is 5.69 Å². The number of aryl methyl sites for hydroxylation is 1. The van der Waals surface area contributed by atoms with Gasteiger partial charge in [0.1, 0.15) is 17.9 Å². The Labute approximate surface area is 248 Å². The van der Waals surface area contributed by atoms with Crippen LogP contribution in [0.1, 0.15) is 63.4 Å². The molecule has 2 aromatic heterocycles. The van der Waals surface area contributed by atoms with E-state index in [0.717, 1.165) is 61.6 Å². The van der Waals surface area contributed by atoms with Gasteiger partial charge in [-0.1, -0.05) is 13.8 Å². The number of hydrogen-bond donors (Lipinski definition) is 1. The number of hydrogen-bond acceptors (Lipinski definition) is 9. The van der Waals surface area contributed by atoms with Gasteiger partial charge in [0.05, 0.1) is 26.1 Å². The molecule has 0 unspecified atom stereocenters. The van der Waals surface area contributed by atoms with Crippen molar-refractivity contribution in [3.05, 3.63) is 54.1 Å². The molecule has 1 saturated heterocycles. The molecule has 11 heteroatoms. The molecule has 5 rings (SSSR count). The fourth-order valence-electron chi connectivity index (χ4n) is 5.52. The lowest BCUT2D eigenvalue weighted by atomic mass is 9.99. The van der Waals surface area contributed by atoms with Crippen molar-refractivity contribution >= 4 is 17.9 Å². The van der Waals surface area contributed by atoms with Crippen molar-refractivity contribution in [2.45, 2.75) is 77.9 Å². The maximum absolute atomic E-state index is 13.1. The molecule has 1 aliphatic heterocycles. The Hall–Kier alpha value is -4.02. The smallest absolute Gasteiger partial charge is 0.230 e. The highest BCUT2D eigenvalue weighted by atomic mass is 16.5. The van der Waals surface area contributed by atoms with Crippen LogP contribution in [0.5, 0.6) is 11.5 Å². The van der Waals surface area contributed by atoms with Crippen molar-refractivity contribution in [1.29, 1.82) is 0 Å². The first-order valence-corrected chi connectivity index (χ1v) is 14.8. The molecule has 0 radical (unpaired) electrons. The van der Waals surface area contributed by atoms with Crippen LogP contribution < -0.4 is 14.4 Å². The average molecular weight is 578 g/mol. The first kappa shape index (κ1) is 30.9. The van der Waals surface area contributed by atoms with E-state index in [1.807, 2.05) is 17.9 Å². The van der Waals surface area contributed by atoms with E-state index in [-0.39, 0.29) is 24.5 Å². The Morgan fingerprint density at radius 1 is 1.12 bits per heavy atom. The first-order chi connectivity index (χ1) is 20.4. The molecule has 2 fully saturated rings. The molecule has 11 nitrogen and oxygen atoms in total. The number of nitrogens with zero attached hydrogens (tertiary/aromatic N) is 6. The Morgan fingerprint density at radius 3 is 2.52 bits per heavy atom. The second kappa shape index (κ2) is 15.3. The minimum absolute atomic E-state index is 0.0966. The number of piperazine rings is 1. The number of methoxy groups -OCH3 is 1. The summed E-state index contributed by atoms with van der Waals surface area (Å²) < 4.78 is 11.9. The van der Waals surface area contributed by atoms with Gasteiger partial charge in [0.2, 0.25) is 5.91 Å². The molecule has 1 N–H and O–H groups in total. The predicted octanol–water partition coefficient (Wildman–Crippen LogP) is 3.97. The molecular weight excluding hydrogens is 534 g/mol. The number of amides is 1. The fraction of sp³-hybridized carbons (Fsp3) is 0.548. The summed E-state index contributed by atoms with van der Waals surface area (Å²) in [5.74, 6) is 4.06. The van der Waals surface area contributed by atoms with Gasteiger partial charge in [0.15, 0.2) is 17.3 Å². The van der Waals surface area contributed by atoms with Crippen LogP contribution in [0.2, 0.25) is 0 Å². The van der Waals surface area contributed by atoms with Crippen molar-refractivity contribution in [3.63, 3.8) is 0 Å². The topological polar surface area (TPSA) is 126 Å². The summed E-state index contributed by atoms with van der Waals surface area (Å²) in [6.07, 6.45) is 10.5. The van der Waals surface area contributed by atoms with E-state index in [4.69, 9.17) is 9.47 Å². The van der Waals surface area contributed by atoms with Crippen LogP contribution in [-0.4, -0.2) is 81.1 Å². The molecule has 1 atom stereocenters. The fourth-order valence-corrected chi connectivity index (χ4v) is 5.52. The molecule has 0 bridgehead atoms. The van der Waals surface area contributed by atoms with E-state index in [1.165, 1.54) is 12.8 Å². The third-order valence-electron chi connectivity index (χ3n) is 7.49. The van der Waals surface area contributed by atoms with Crippen molar-refractivity contribution in [2.75, 3.05) is 31.6 Å². The first-order valence-electron chi connectivity index (χ1n) is 14.8. The lowest BCUT2D eigenvalue weighted by molar-refractivity contribution is -0.133. The molecule has 42 heavy (non-hydrogen) atoms. The molecule has 1 amide bonds. The number of benzene rings is 1. The molecule has 2 aliphatic rings. The maximum atomic E-state index is 13.1. The highest BCUT2D eigenvalue weighted by molar-refractivity contribution is 5.78. The van der Waals surface area contributed by atoms with Crippen molar-refractivity contribution in [2.24, 2.45) is 5.92 Å². The lowest BCUT2D eigenvalue weighted by Gasteiger charge is -2.43. The van der Waals surface area contributed by atoms with E-state index in [9.17, 15) is 9.59 Å². The van der Waals surface area contributed by atoms with Crippen LogP contribution in [0.3, 0.4) is 0 Å². The quantitative estimate of drug-likeness (QED) is 0.356. The molecule has 226 valence electrons. The van der Waals surface area contributed by atoms with Crippen molar-refractivity contribution in [3.8, 4) is 11.5 Å². The maximum Gasteiger partial charge on any atom is 0.230 e. The molecule has 3 aromatic rings. The van der Waals surface area contributed by atoms with Crippen molar-refractivity contribution < 1.29 is 19.1 Å². The summed E-state index contributed by atoms with van der Waals surface area (Å²) in [6, 6.07) is 8.07. The third kappa shape index (κ3) is 8.74. The molecule has 1 aromatic carbocycles. The number of ether oxygens (including phenoxy) is 2. The number of nitrogens with one attached hydrogen (secondary N) is 1. The third-order valence-corrected chi connectivity index (χ3v) is 7.49. The van der Waals surface area contributed by atoms with Gasteiger partial charge in [0.25, 0.3) is 0 Å². The Bertz CT molecular complexity index is 1280. The minimum Gasteiger partial charge on any atom is -0.493 e. The second-order valence-electron chi connectivity index (χ2n) is 11.2. The molecular formula is C31H43N7O4. The summed E-state index contributed by atoms with van der Waals surface area (Å²) in [5, 5.41) is 6.97. The van der Waals surface area contributed by atoms with Gasteiger partial charge in [-0.15, -0.1) is 0 Å². The zero-order valence-electron chi connectivity index (χ0n) is 25.2. The van der Waals surface area contributed by atoms with E-state index >= 15 is 0 Å². The number of aromatic amines is 1. The van der Waals surface area contributed by atoms with E-state index < -0.39 is 0 Å². The molecule has 1 aliphatic carbocycles. The number of carbonyl (C=O) groups excluding carboxylic acids is 2. The normalized spacial score (nSPS) is 17.1. The van der Waals surface area contributed by atoms with Crippen LogP contribution in [0.25, 0.3) is 0 Å². The lowest BCUT2D eigenvalue weighted by Crippen LogP contribution is -2.56. The predicted molar refractivity (Wildman–Crippen MR) is 160 cm³/mol. The summed E-state index contributed by atoms with van der Waals surface area (Å²) in [6.45, 7) is 8.53. The highest BCUT2D eigenvalue weighted by Gasteiger charge is 2.32. The van der Waals surface area contributed by atoms with Gasteiger partial charge < -0.3 is 24.1 Å². The van der Waals surface area contributed by atoms with Crippen LogP contribution in [0.15, 0.2) is 36.7 Å². The largest absolute Gasteiger partial charge is 0.493 e. The van der Waals surface area contributed by atoms with Crippen LogP contribution >= 0.6 is 0 Å². The van der Waals surface area contributed by atoms with Gasteiger partial charge in [-0.25, -0.2) is 15.0 Å². The summed E-state index contributed by atoms with van der Waals surface area (Å²) >= 11 is 0. The van der Waals surface area contributed by atoms with Crippen LogP contribution in [-0.2, 0) is 22.4 Å². The highest BCUT2D eigenvalue weighted by Crippen LogP contribution is 2.36. The van der Waals surface area contributed by atoms with Crippen molar-refractivity contribution in [1.82, 2.24) is 30.0 Å². The van der Waals surface area contributed by atoms with Gasteiger partial charge >= 0.3 is 0 Å². The van der Waals surface area contributed by atoms with Gasteiger partial charge in [-0.05, 0) is 63.1 Å². The Kier molecular flexibility index (Phi) is 11.2. The molecule has 1 saturated carbocycles. The number of aldehydes is 1. The SMILES string of the molecule is COc1ccc(N2CCN(C(=O)Cc3n[nH]c(C)n3)[C@@H](CC(C)C)C2)cc1OC1CCCC1.O=CCc1ncccn1. The van der Waals surface area contributed by atoms with E-state index in [1.54, 1.807) is 25.6 Å². The second-order valence-corrected chi connectivity index (χ2v) is 11.2. The van der Waals surface area contributed by atoms with Gasteiger partial charge in [-0.3, -0.25) is 9.89 Å². The monoisotopic (exact) mass is 577 g/mol. The van der Waals surface area contributed by atoms with E-state index in [2.05, 4.69) is 56.0 Å². The van der Waals surface area contributed by atoms with Gasteiger partial charge in [0, 0.05) is 49.8 Å². The molecule has 3 heterocycles. The summed E-state index contributed by atoms with van der Waals surface area (Å²) in [5.41, 5.74) is 1.12. The van der Waals surface area contributed by atoms with E-state index in [0.29, 0.717) is 30.5 Å².